The minimum absolute atomic E-state index is 0. The largest absolute Gasteiger partial charge is 0.393 e. The molecule has 0 amide bonds. The van der Waals surface area contributed by atoms with E-state index in [9.17, 15) is 15.3 Å². The highest BCUT2D eigenvalue weighted by Gasteiger charge is 2.65. The Kier molecular flexibility index (Phi) is 6.33. The fraction of sp³-hybridized carbons (Fsp3) is 1.00. The van der Waals surface area contributed by atoms with Crippen LogP contribution in [0.5, 0.6) is 0 Å². The van der Waals surface area contributed by atoms with E-state index in [1.165, 1.54) is 25.7 Å². The first kappa shape index (κ1) is 22.6. The second-order valence-corrected chi connectivity index (χ2v) is 11.3. The van der Waals surface area contributed by atoms with Crippen molar-refractivity contribution in [3.05, 3.63) is 0 Å². The summed E-state index contributed by atoms with van der Waals surface area (Å²) in [5.41, 5.74) is 0.146. The molecule has 3 nitrogen and oxygen atoms in total. The van der Waals surface area contributed by atoms with Crippen LogP contribution in [0.3, 0.4) is 0 Å². The third-order valence-corrected chi connectivity index (χ3v) is 10.3. The van der Waals surface area contributed by atoms with Gasteiger partial charge in [0.25, 0.3) is 0 Å². The van der Waals surface area contributed by atoms with Gasteiger partial charge >= 0.3 is 0 Å². The quantitative estimate of drug-likeness (QED) is 0.630. The highest BCUT2D eigenvalue weighted by Crippen LogP contribution is 2.68. The SMILES string of the molecule is C.CCCC(C)C1CCC2C3C(C[C@H](O)[C@]12C)[C@@]1(C)CC[C@@H](O)CC1C[C@H]3O. The van der Waals surface area contributed by atoms with Crippen LogP contribution in [-0.4, -0.2) is 33.6 Å². The van der Waals surface area contributed by atoms with Crippen molar-refractivity contribution in [1.29, 1.82) is 0 Å². The Morgan fingerprint density at radius 3 is 2.36 bits per heavy atom. The second kappa shape index (κ2) is 7.85. The van der Waals surface area contributed by atoms with Gasteiger partial charge in [-0.25, -0.2) is 0 Å². The van der Waals surface area contributed by atoms with Gasteiger partial charge in [-0.1, -0.05) is 48.0 Å². The van der Waals surface area contributed by atoms with Gasteiger partial charge in [0.15, 0.2) is 0 Å². The van der Waals surface area contributed by atoms with Gasteiger partial charge in [0, 0.05) is 0 Å². The molecule has 164 valence electrons. The van der Waals surface area contributed by atoms with Crippen LogP contribution < -0.4 is 0 Å². The van der Waals surface area contributed by atoms with Gasteiger partial charge in [0.2, 0.25) is 0 Å². The minimum Gasteiger partial charge on any atom is -0.393 e. The van der Waals surface area contributed by atoms with Gasteiger partial charge in [-0.05, 0) is 91.3 Å². The third kappa shape index (κ3) is 3.10. The average Bonchev–Trinajstić information content (AvgIpc) is 2.96. The van der Waals surface area contributed by atoms with Gasteiger partial charge in [0.05, 0.1) is 18.3 Å². The molecule has 6 unspecified atom stereocenters. The van der Waals surface area contributed by atoms with Gasteiger partial charge in [0.1, 0.15) is 0 Å². The van der Waals surface area contributed by atoms with Crippen LogP contribution >= 0.6 is 0 Å². The van der Waals surface area contributed by atoms with Gasteiger partial charge in [-0.2, -0.15) is 0 Å². The van der Waals surface area contributed by atoms with E-state index in [1.807, 2.05) is 0 Å². The molecule has 3 N–H and O–H groups in total. The molecule has 0 radical (unpaired) electrons. The summed E-state index contributed by atoms with van der Waals surface area (Å²) < 4.78 is 0. The summed E-state index contributed by atoms with van der Waals surface area (Å²) in [5.74, 6) is 2.86. The summed E-state index contributed by atoms with van der Waals surface area (Å²) in [4.78, 5) is 0. The second-order valence-electron chi connectivity index (χ2n) is 11.3. The van der Waals surface area contributed by atoms with E-state index in [4.69, 9.17) is 0 Å². The Bertz CT molecular complexity index is 550. The van der Waals surface area contributed by atoms with Crippen molar-refractivity contribution in [1.82, 2.24) is 0 Å². The maximum atomic E-state index is 11.5. The maximum Gasteiger partial charge on any atom is 0.0602 e. The van der Waals surface area contributed by atoms with Gasteiger partial charge < -0.3 is 15.3 Å². The molecule has 0 aromatic heterocycles. The van der Waals surface area contributed by atoms with E-state index in [0.29, 0.717) is 35.5 Å². The lowest BCUT2D eigenvalue weighted by atomic mass is 9.43. The first-order valence-electron chi connectivity index (χ1n) is 11.8. The van der Waals surface area contributed by atoms with Gasteiger partial charge in [-0.3, -0.25) is 0 Å². The Hall–Kier alpha value is -0.120. The summed E-state index contributed by atoms with van der Waals surface area (Å²) in [7, 11) is 0. The number of hydrogen-bond acceptors (Lipinski definition) is 3. The van der Waals surface area contributed by atoms with Crippen molar-refractivity contribution in [3.63, 3.8) is 0 Å². The predicted octanol–water partition coefficient (Wildman–Crippen LogP) is 5.02. The lowest BCUT2D eigenvalue weighted by Gasteiger charge is -2.63. The molecular weight excluding hydrogens is 348 g/mol. The van der Waals surface area contributed by atoms with Crippen LogP contribution in [0, 0.1) is 46.3 Å². The van der Waals surface area contributed by atoms with Crippen molar-refractivity contribution in [2.45, 2.75) is 111 Å². The average molecular weight is 395 g/mol. The molecule has 4 aliphatic carbocycles. The van der Waals surface area contributed by atoms with E-state index >= 15 is 0 Å². The summed E-state index contributed by atoms with van der Waals surface area (Å²) >= 11 is 0. The fourth-order valence-corrected chi connectivity index (χ4v) is 8.79. The zero-order valence-corrected chi connectivity index (χ0v) is 17.9. The molecule has 0 aliphatic heterocycles. The summed E-state index contributed by atoms with van der Waals surface area (Å²) in [5, 5.41) is 32.9. The van der Waals surface area contributed by atoms with Crippen LogP contribution in [0.25, 0.3) is 0 Å². The topological polar surface area (TPSA) is 60.7 Å². The van der Waals surface area contributed by atoms with Gasteiger partial charge in [-0.15, -0.1) is 0 Å². The molecule has 3 heteroatoms. The summed E-state index contributed by atoms with van der Waals surface area (Å²) in [6.45, 7) is 9.42. The molecule has 0 saturated heterocycles. The molecule has 0 bridgehead atoms. The molecule has 0 heterocycles. The molecular formula is C25H46O3. The molecule has 4 rings (SSSR count). The fourth-order valence-electron chi connectivity index (χ4n) is 8.79. The molecule has 0 aromatic rings. The summed E-state index contributed by atoms with van der Waals surface area (Å²) in [6, 6.07) is 0. The lowest BCUT2D eigenvalue weighted by Crippen LogP contribution is -2.62. The molecule has 4 saturated carbocycles. The smallest absolute Gasteiger partial charge is 0.0602 e. The first-order valence-corrected chi connectivity index (χ1v) is 11.8. The summed E-state index contributed by atoms with van der Waals surface area (Å²) in [6.07, 6.45) is 8.64. The van der Waals surface area contributed by atoms with Crippen LogP contribution in [0.2, 0.25) is 0 Å². The van der Waals surface area contributed by atoms with Crippen LogP contribution in [0.4, 0.5) is 0 Å². The lowest BCUT2D eigenvalue weighted by molar-refractivity contribution is -0.207. The van der Waals surface area contributed by atoms with Crippen molar-refractivity contribution in [2.75, 3.05) is 0 Å². The van der Waals surface area contributed by atoms with E-state index in [0.717, 1.165) is 32.1 Å². The Morgan fingerprint density at radius 1 is 0.964 bits per heavy atom. The first-order chi connectivity index (χ1) is 12.7. The van der Waals surface area contributed by atoms with E-state index < -0.39 is 0 Å². The van der Waals surface area contributed by atoms with Crippen molar-refractivity contribution >= 4 is 0 Å². The molecule has 4 fully saturated rings. The van der Waals surface area contributed by atoms with Crippen molar-refractivity contribution in [2.24, 2.45) is 46.3 Å². The normalized spacial score (nSPS) is 54.1. The van der Waals surface area contributed by atoms with E-state index in [2.05, 4.69) is 27.7 Å². The van der Waals surface area contributed by atoms with Crippen LogP contribution in [-0.2, 0) is 0 Å². The third-order valence-electron chi connectivity index (χ3n) is 10.3. The minimum atomic E-state index is -0.254. The molecule has 28 heavy (non-hydrogen) atoms. The zero-order valence-electron chi connectivity index (χ0n) is 17.9. The number of hydrogen-bond donors (Lipinski definition) is 3. The molecule has 11 atom stereocenters. The number of rotatable bonds is 3. The predicted molar refractivity (Wildman–Crippen MR) is 115 cm³/mol. The monoisotopic (exact) mass is 394 g/mol. The highest BCUT2D eigenvalue weighted by molar-refractivity contribution is 5.14. The molecule has 4 aliphatic rings. The van der Waals surface area contributed by atoms with Crippen molar-refractivity contribution in [3.8, 4) is 0 Å². The number of aliphatic hydroxyl groups is 3. The standard InChI is InChI=1S/C24H42O3.CH4/c1-5-6-14(2)17-7-8-18-22-19(13-21(27)24(17,18)4)23(3)10-9-16(25)11-15(23)12-20(22)26;/h14-22,25-27H,5-13H2,1-4H3;1H4/t14?,15?,16-,17?,18?,19?,20-,21+,22?,23+,24-;/m1./s1. The number of aliphatic hydroxyl groups excluding tert-OH is 3. The Labute approximate surface area is 173 Å². The van der Waals surface area contributed by atoms with Crippen LogP contribution in [0.15, 0.2) is 0 Å². The maximum absolute atomic E-state index is 11.5. The van der Waals surface area contributed by atoms with Crippen molar-refractivity contribution < 1.29 is 15.3 Å². The van der Waals surface area contributed by atoms with Crippen LogP contribution in [0.1, 0.15) is 92.9 Å². The molecule has 0 spiro atoms. The zero-order chi connectivity index (χ0) is 19.6. The number of fused-ring (bicyclic) bond motifs is 5. The molecule has 0 aromatic carbocycles. The Morgan fingerprint density at radius 2 is 1.68 bits per heavy atom. The van der Waals surface area contributed by atoms with E-state index in [-0.39, 0.29) is 36.6 Å². The Balaban J connectivity index is 0.00000225. The highest BCUT2D eigenvalue weighted by atomic mass is 16.3. The van der Waals surface area contributed by atoms with E-state index in [1.54, 1.807) is 0 Å².